The fourth-order valence-corrected chi connectivity index (χ4v) is 8.89. The Balaban J connectivity index is 1.49. The first-order valence-corrected chi connectivity index (χ1v) is 17.0. The van der Waals surface area contributed by atoms with Gasteiger partial charge in [-0.25, -0.2) is 8.42 Å². The summed E-state index contributed by atoms with van der Waals surface area (Å²) >= 11 is 12.8. The predicted octanol–water partition coefficient (Wildman–Crippen LogP) is 6.52. The summed E-state index contributed by atoms with van der Waals surface area (Å²) in [7, 11) is -3.18. The maximum Gasteiger partial charge on any atom is 0.229 e. The van der Waals surface area contributed by atoms with Crippen LogP contribution in [0.25, 0.3) is 0 Å². The Hall–Kier alpha value is -1.90. The van der Waals surface area contributed by atoms with E-state index in [4.69, 9.17) is 23.2 Å². The molecule has 0 N–H and O–H groups in total. The van der Waals surface area contributed by atoms with E-state index in [9.17, 15) is 13.2 Å². The Morgan fingerprint density at radius 1 is 1.02 bits per heavy atom. The van der Waals surface area contributed by atoms with Crippen molar-refractivity contribution in [1.82, 2.24) is 14.1 Å². The molecule has 0 spiro atoms. The van der Waals surface area contributed by atoms with Gasteiger partial charge >= 0.3 is 0 Å². The SMILES string of the molecule is C=CC[C@@]1(C)C[C@H](c2cccc(Cl)c2)[C@@H](c2ccc(Cl)cc2)N([C@@H](CC)CN2CCN(S(=O)(=O)C3CC3)CC2)C1=O. The number of nitrogens with zero attached hydrogens (tertiary/aromatic N) is 3. The molecular weight excluding hydrogens is 577 g/mol. The average molecular weight is 619 g/mol. The highest BCUT2D eigenvalue weighted by Crippen LogP contribution is 2.52. The van der Waals surface area contributed by atoms with Gasteiger partial charge in [0.05, 0.1) is 16.7 Å². The highest BCUT2D eigenvalue weighted by Gasteiger charge is 2.51. The Morgan fingerprint density at radius 2 is 1.71 bits per heavy atom. The minimum absolute atomic E-state index is 0.0205. The number of sulfonamides is 1. The van der Waals surface area contributed by atoms with Crippen LogP contribution in [-0.4, -0.2) is 72.4 Å². The summed E-state index contributed by atoms with van der Waals surface area (Å²) in [5, 5.41) is 1.15. The van der Waals surface area contributed by atoms with Crippen LogP contribution in [0, 0.1) is 5.41 Å². The summed E-state index contributed by atoms with van der Waals surface area (Å²) in [6.45, 7) is 11.2. The van der Waals surface area contributed by atoms with Crippen LogP contribution < -0.4 is 0 Å². The molecule has 41 heavy (non-hydrogen) atoms. The summed E-state index contributed by atoms with van der Waals surface area (Å²) in [6.07, 6.45) is 5.45. The average Bonchev–Trinajstić information content (AvgIpc) is 3.81. The number of halogens is 2. The molecule has 0 aromatic heterocycles. The van der Waals surface area contributed by atoms with Gasteiger partial charge in [-0.3, -0.25) is 9.69 Å². The lowest BCUT2D eigenvalue weighted by Crippen LogP contribution is -2.59. The molecule has 0 unspecified atom stereocenters. The van der Waals surface area contributed by atoms with Crippen molar-refractivity contribution in [3.63, 3.8) is 0 Å². The molecule has 0 radical (unpaired) electrons. The number of rotatable bonds is 10. The van der Waals surface area contributed by atoms with E-state index in [1.165, 1.54) is 0 Å². The number of allylic oxidation sites excluding steroid dienone is 1. The van der Waals surface area contributed by atoms with Gasteiger partial charge in [0.15, 0.2) is 0 Å². The molecule has 1 amide bonds. The zero-order chi connectivity index (χ0) is 29.4. The fourth-order valence-electron chi connectivity index (χ4n) is 6.74. The van der Waals surface area contributed by atoms with Gasteiger partial charge < -0.3 is 4.90 Å². The molecule has 6 nitrogen and oxygen atoms in total. The Morgan fingerprint density at radius 3 is 2.29 bits per heavy atom. The number of amides is 1. The second-order valence-electron chi connectivity index (χ2n) is 12.1. The number of benzene rings is 2. The summed E-state index contributed by atoms with van der Waals surface area (Å²) in [5.74, 6) is 0.157. The number of hydrogen-bond donors (Lipinski definition) is 0. The van der Waals surface area contributed by atoms with E-state index < -0.39 is 15.4 Å². The van der Waals surface area contributed by atoms with Gasteiger partial charge in [-0.15, -0.1) is 6.58 Å². The van der Waals surface area contributed by atoms with Crippen molar-refractivity contribution >= 4 is 39.1 Å². The molecule has 9 heteroatoms. The summed E-state index contributed by atoms with van der Waals surface area (Å²) in [4.78, 5) is 19.0. The van der Waals surface area contributed by atoms with Crippen LogP contribution in [-0.2, 0) is 14.8 Å². The monoisotopic (exact) mass is 617 g/mol. The van der Waals surface area contributed by atoms with Gasteiger partial charge in [-0.1, -0.05) is 67.4 Å². The normalized spacial score (nSPS) is 27.1. The van der Waals surface area contributed by atoms with Crippen LogP contribution >= 0.6 is 23.2 Å². The van der Waals surface area contributed by atoms with Crippen molar-refractivity contribution in [3.8, 4) is 0 Å². The lowest BCUT2D eigenvalue weighted by atomic mass is 9.67. The molecular formula is C32H41Cl2N3O3S. The minimum atomic E-state index is -3.18. The van der Waals surface area contributed by atoms with Crippen LogP contribution in [0.15, 0.2) is 61.2 Å². The van der Waals surface area contributed by atoms with Crippen LogP contribution in [0.4, 0.5) is 0 Å². The van der Waals surface area contributed by atoms with E-state index in [0.29, 0.717) is 55.6 Å². The quantitative estimate of drug-likeness (QED) is 0.285. The van der Waals surface area contributed by atoms with Crippen LogP contribution in [0.3, 0.4) is 0 Å². The van der Waals surface area contributed by atoms with Crippen molar-refractivity contribution in [2.24, 2.45) is 5.41 Å². The Bertz CT molecular complexity index is 1360. The van der Waals surface area contributed by atoms with Gasteiger partial charge in [0.2, 0.25) is 15.9 Å². The van der Waals surface area contributed by atoms with Gasteiger partial charge in [-0.2, -0.15) is 4.31 Å². The van der Waals surface area contributed by atoms with Crippen molar-refractivity contribution < 1.29 is 13.2 Å². The number of likely N-dealkylation sites (tertiary alicyclic amines) is 1. The Labute approximate surface area is 255 Å². The van der Waals surface area contributed by atoms with E-state index in [-0.39, 0.29) is 29.2 Å². The first-order valence-electron chi connectivity index (χ1n) is 14.7. The van der Waals surface area contributed by atoms with Crippen molar-refractivity contribution in [1.29, 1.82) is 0 Å². The molecule has 4 atom stereocenters. The highest BCUT2D eigenvalue weighted by atomic mass is 35.5. The molecule has 1 saturated carbocycles. The molecule has 5 rings (SSSR count). The summed E-state index contributed by atoms with van der Waals surface area (Å²) in [5.41, 5.74) is 1.55. The smallest absolute Gasteiger partial charge is 0.229 e. The van der Waals surface area contributed by atoms with Crippen molar-refractivity contribution in [2.75, 3.05) is 32.7 Å². The molecule has 2 saturated heterocycles. The van der Waals surface area contributed by atoms with Gasteiger partial charge in [0.1, 0.15) is 0 Å². The molecule has 2 aromatic carbocycles. The zero-order valence-corrected chi connectivity index (χ0v) is 26.3. The standard InChI is InChI=1S/C32H41Cl2N3O3S/c1-4-15-32(3)21-29(24-7-6-8-26(34)20-24)30(23-9-11-25(33)12-10-23)37(31(32)38)27(5-2)22-35-16-18-36(19-17-35)41(39,40)28-13-14-28/h4,6-12,20,27-30H,1,5,13-19,21-22H2,2-3H3/t27-,29+,30+,32-/m0/s1. The lowest BCUT2D eigenvalue weighted by Gasteiger charge is -2.53. The molecule has 3 aliphatic rings. The van der Waals surface area contributed by atoms with Crippen molar-refractivity contribution in [2.45, 2.75) is 69.2 Å². The summed E-state index contributed by atoms with van der Waals surface area (Å²) in [6, 6.07) is 15.6. The van der Waals surface area contributed by atoms with E-state index in [2.05, 4.69) is 36.3 Å². The second-order valence-corrected chi connectivity index (χ2v) is 15.2. The molecule has 0 bridgehead atoms. The molecule has 1 aliphatic carbocycles. The third kappa shape index (κ3) is 6.40. The van der Waals surface area contributed by atoms with Gasteiger partial charge in [0, 0.05) is 54.7 Å². The van der Waals surface area contributed by atoms with E-state index in [1.807, 2.05) is 48.5 Å². The number of piperidine rings is 1. The van der Waals surface area contributed by atoms with Gasteiger partial charge in [0.25, 0.3) is 0 Å². The topological polar surface area (TPSA) is 60.9 Å². The third-order valence-electron chi connectivity index (χ3n) is 9.16. The van der Waals surface area contributed by atoms with Crippen LogP contribution in [0.1, 0.15) is 69.0 Å². The number of carbonyl (C=O) groups is 1. The highest BCUT2D eigenvalue weighted by molar-refractivity contribution is 7.90. The summed E-state index contributed by atoms with van der Waals surface area (Å²) < 4.78 is 27.3. The van der Waals surface area contributed by atoms with E-state index in [1.54, 1.807) is 4.31 Å². The molecule has 2 heterocycles. The number of piperazine rings is 1. The maximum atomic E-state index is 14.6. The van der Waals surface area contributed by atoms with Crippen LogP contribution in [0.2, 0.25) is 10.0 Å². The van der Waals surface area contributed by atoms with E-state index >= 15 is 0 Å². The first kappa shape index (κ1) is 30.6. The molecule has 222 valence electrons. The van der Waals surface area contributed by atoms with E-state index in [0.717, 1.165) is 30.4 Å². The fraction of sp³-hybridized carbons (Fsp3) is 0.531. The molecule has 2 aliphatic heterocycles. The predicted molar refractivity (Wildman–Crippen MR) is 167 cm³/mol. The van der Waals surface area contributed by atoms with Crippen LogP contribution in [0.5, 0.6) is 0 Å². The Kier molecular flexibility index (Phi) is 9.22. The second kappa shape index (κ2) is 12.4. The maximum absolute atomic E-state index is 14.6. The van der Waals surface area contributed by atoms with Gasteiger partial charge in [-0.05, 0) is 67.5 Å². The van der Waals surface area contributed by atoms with Crippen molar-refractivity contribution in [3.05, 3.63) is 82.4 Å². The molecule has 2 aromatic rings. The zero-order valence-electron chi connectivity index (χ0n) is 24.0. The largest absolute Gasteiger partial charge is 0.330 e. The first-order chi connectivity index (χ1) is 19.6. The third-order valence-corrected chi connectivity index (χ3v) is 12.0. The molecule has 3 fully saturated rings. The number of carbonyl (C=O) groups excluding carboxylic acids is 1. The minimum Gasteiger partial charge on any atom is -0.330 e. The lowest BCUT2D eigenvalue weighted by molar-refractivity contribution is -0.155. The number of hydrogen-bond acceptors (Lipinski definition) is 4.